The van der Waals surface area contributed by atoms with Gasteiger partial charge in [0.25, 0.3) is 0 Å². The zero-order valence-electron chi connectivity index (χ0n) is 15.8. The predicted molar refractivity (Wildman–Crippen MR) is 120 cm³/mol. The smallest absolute Gasteiger partial charge is 0.237 e. The number of carbonyl (C=O) groups excluding carboxylic acids is 1. The van der Waals surface area contributed by atoms with E-state index in [1.165, 1.54) is 11.8 Å². The summed E-state index contributed by atoms with van der Waals surface area (Å²) in [5.74, 6) is -0.135. The summed E-state index contributed by atoms with van der Waals surface area (Å²) in [7, 11) is 0. The average molecular weight is 445 g/mol. The van der Waals surface area contributed by atoms with Crippen LogP contribution in [0.25, 0.3) is 16.6 Å². The number of fused-ring (bicyclic) bond motifs is 3. The van der Waals surface area contributed by atoms with Crippen LogP contribution in [0.1, 0.15) is 18.9 Å². The van der Waals surface area contributed by atoms with Gasteiger partial charge in [0.2, 0.25) is 5.91 Å². The first-order chi connectivity index (χ1) is 14.0. The molecule has 148 valence electrons. The number of nitrogens with zero attached hydrogens (tertiary/aromatic N) is 3. The molecule has 2 aromatic carbocycles. The van der Waals surface area contributed by atoms with Crippen LogP contribution < -0.4 is 5.32 Å². The summed E-state index contributed by atoms with van der Waals surface area (Å²) in [4.78, 5) is 12.9. The minimum Gasteiger partial charge on any atom is -0.325 e. The predicted octanol–water partition coefficient (Wildman–Crippen LogP) is 6.01. The number of amides is 1. The second-order valence-corrected chi connectivity index (χ2v) is 8.73. The van der Waals surface area contributed by atoms with E-state index in [1.807, 2.05) is 35.6 Å². The number of nitrogens with one attached hydrogen (secondary N) is 1. The van der Waals surface area contributed by atoms with E-state index in [0.717, 1.165) is 22.1 Å². The van der Waals surface area contributed by atoms with Crippen LogP contribution in [0, 0.1) is 6.92 Å². The first kappa shape index (κ1) is 20.0. The van der Waals surface area contributed by atoms with E-state index in [2.05, 4.69) is 28.5 Å². The quantitative estimate of drug-likeness (QED) is 0.383. The van der Waals surface area contributed by atoms with Crippen molar-refractivity contribution in [3.8, 4) is 0 Å². The molecule has 0 spiro atoms. The lowest BCUT2D eigenvalue weighted by Gasteiger charge is -2.15. The van der Waals surface area contributed by atoms with Crippen LogP contribution >= 0.6 is 35.0 Å². The Morgan fingerprint density at radius 1 is 1.14 bits per heavy atom. The van der Waals surface area contributed by atoms with Gasteiger partial charge in [-0.1, -0.05) is 60.1 Å². The number of rotatable bonds is 5. The van der Waals surface area contributed by atoms with Crippen molar-refractivity contribution < 1.29 is 4.79 Å². The number of hydrogen-bond donors (Lipinski definition) is 1. The van der Waals surface area contributed by atoms with Crippen molar-refractivity contribution >= 4 is 63.1 Å². The van der Waals surface area contributed by atoms with E-state index >= 15 is 0 Å². The Bertz CT molecular complexity index is 1200. The standard InChI is InChI=1S/C21H18Cl2N4OS/c1-3-18(20(28)24-15-10-13(22)9-14(23)11-15)29-21-26-25-19-8-12(2)16-6-4-5-7-17(16)27(19)21/h4-11,18H,3H2,1-2H3,(H,24,28). The van der Waals surface area contributed by atoms with E-state index in [4.69, 9.17) is 23.2 Å². The minimum atomic E-state index is -0.347. The van der Waals surface area contributed by atoms with E-state index in [-0.39, 0.29) is 11.2 Å². The molecule has 4 aromatic rings. The van der Waals surface area contributed by atoms with Crippen molar-refractivity contribution in [1.82, 2.24) is 14.6 Å². The zero-order chi connectivity index (χ0) is 20.5. The maximum atomic E-state index is 12.9. The van der Waals surface area contributed by atoms with Crippen molar-refractivity contribution in [2.45, 2.75) is 30.7 Å². The van der Waals surface area contributed by atoms with Crippen LogP contribution in [0.15, 0.2) is 53.7 Å². The molecule has 1 N–H and O–H groups in total. The summed E-state index contributed by atoms with van der Waals surface area (Å²) >= 11 is 13.5. The minimum absolute atomic E-state index is 0.135. The van der Waals surface area contributed by atoms with Gasteiger partial charge in [0.1, 0.15) is 0 Å². The van der Waals surface area contributed by atoms with Gasteiger partial charge in [-0.15, -0.1) is 10.2 Å². The summed E-state index contributed by atoms with van der Waals surface area (Å²) in [5.41, 5.74) is 3.49. The van der Waals surface area contributed by atoms with Gasteiger partial charge in [-0.2, -0.15) is 0 Å². The highest BCUT2D eigenvalue weighted by Crippen LogP contribution is 2.30. The molecular formula is C21H18Cl2N4OS. The number of para-hydroxylation sites is 1. The Hall–Kier alpha value is -2.28. The Morgan fingerprint density at radius 3 is 2.59 bits per heavy atom. The summed E-state index contributed by atoms with van der Waals surface area (Å²) in [6.45, 7) is 4.02. The second kappa shape index (κ2) is 8.22. The molecule has 5 nitrogen and oxygen atoms in total. The van der Waals surface area contributed by atoms with Gasteiger partial charge in [0, 0.05) is 21.1 Å². The van der Waals surface area contributed by atoms with Crippen LogP contribution in [0.5, 0.6) is 0 Å². The number of pyridine rings is 1. The van der Waals surface area contributed by atoms with Crippen LogP contribution in [-0.4, -0.2) is 25.8 Å². The first-order valence-corrected chi connectivity index (χ1v) is 10.8. The normalized spacial score (nSPS) is 12.4. The number of aromatic nitrogens is 3. The van der Waals surface area contributed by atoms with Gasteiger partial charge in [0.15, 0.2) is 10.8 Å². The largest absolute Gasteiger partial charge is 0.325 e. The number of carbonyl (C=O) groups is 1. The van der Waals surface area contributed by atoms with Gasteiger partial charge < -0.3 is 5.32 Å². The molecule has 0 saturated heterocycles. The monoisotopic (exact) mass is 444 g/mol. The van der Waals surface area contributed by atoms with Crippen molar-refractivity contribution in [2.75, 3.05) is 5.32 Å². The molecule has 0 saturated carbocycles. The van der Waals surface area contributed by atoms with E-state index in [0.29, 0.717) is 27.3 Å². The fourth-order valence-electron chi connectivity index (χ4n) is 3.25. The highest BCUT2D eigenvalue weighted by Gasteiger charge is 2.22. The van der Waals surface area contributed by atoms with Gasteiger partial charge in [-0.05, 0) is 49.2 Å². The Morgan fingerprint density at radius 2 is 1.86 bits per heavy atom. The molecule has 0 bridgehead atoms. The number of thioether (sulfide) groups is 1. The number of anilines is 1. The van der Waals surface area contributed by atoms with Gasteiger partial charge >= 0.3 is 0 Å². The highest BCUT2D eigenvalue weighted by molar-refractivity contribution is 8.00. The van der Waals surface area contributed by atoms with Gasteiger partial charge in [0.05, 0.1) is 10.8 Å². The molecule has 0 radical (unpaired) electrons. The SMILES string of the molecule is CCC(Sc1nnc2cc(C)c3ccccc3n12)C(=O)Nc1cc(Cl)cc(Cl)c1. The molecule has 0 aliphatic rings. The molecule has 1 unspecified atom stereocenters. The summed E-state index contributed by atoms with van der Waals surface area (Å²) in [5, 5.41) is 14.0. The van der Waals surface area contributed by atoms with E-state index in [1.54, 1.807) is 18.2 Å². The van der Waals surface area contributed by atoms with Crippen molar-refractivity contribution in [2.24, 2.45) is 0 Å². The number of aryl methyl sites for hydroxylation is 1. The third kappa shape index (κ3) is 4.06. The molecule has 0 aliphatic carbocycles. The number of benzene rings is 2. The van der Waals surface area contributed by atoms with Crippen LogP contribution in [0.3, 0.4) is 0 Å². The van der Waals surface area contributed by atoms with Crippen molar-refractivity contribution in [3.63, 3.8) is 0 Å². The number of halogens is 2. The van der Waals surface area contributed by atoms with E-state index < -0.39 is 0 Å². The molecule has 0 aliphatic heterocycles. The maximum Gasteiger partial charge on any atom is 0.237 e. The molecule has 29 heavy (non-hydrogen) atoms. The molecule has 2 aromatic heterocycles. The topological polar surface area (TPSA) is 59.3 Å². The average Bonchev–Trinajstić information content (AvgIpc) is 3.08. The lowest BCUT2D eigenvalue weighted by molar-refractivity contribution is -0.115. The summed E-state index contributed by atoms with van der Waals surface area (Å²) in [6.07, 6.45) is 0.628. The van der Waals surface area contributed by atoms with Crippen LogP contribution in [0.4, 0.5) is 5.69 Å². The molecule has 1 atom stereocenters. The highest BCUT2D eigenvalue weighted by atomic mass is 35.5. The molecular weight excluding hydrogens is 427 g/mol. The van der Waals surface area contributed by atoms with Gasteiger partial charge in [-0.25, -0.2) is 0 Å². The summed E-state index contributed by atoms with van der Waals surface area (Å²) < 4.78 is 2.00. The van der Waals surface area contributed by atoms with Gasteiger partial charge in [-0.3, -0.25) is 9.20 Å². The van der Waals surface area contributed by atoms with Crippen LogP contribution in [0.2, 0.25) is 10.0 Å². The molecule has 4 rings (SSSR count). The number of hydrogen-bond acceptors (Lipinski definition) is 4. The van der Waals surface area contributed by atoms with Crippen LogP contribution in [-0.2, 0) is 4.79 Å². The Kier molecular flexibility index (Phi) is 5.67. The Balaban J connectivity index is 1.65. The lowest BCUT2D eigenvalue weighted by atomic mass is 10.1. The summed E-state index contributed by atoms with van der Waals surface area (Å²) in [6, 6.07) is 15.1. The second-order valence-electron chi connectivity index (χ2n) is 6.68. The first-order valence-electron chi connectivity index (χ1n) is 9.13. The third-order valence-corrected chi connectivity index (χ3v) is 6.36. The fourth-order valence-corrected chi connectivity index (χ4v) is 4.75. The van der Waals surface area contributed by atoms with Crippen molar-refractivity contribution in [3.05, 3.63) is 64.1 Å². The lowest BCUT2D eigenvalue weighted by Crippen LogP contribution is -2.24. The molecule has 2 heterocycles. The third-order valence-electron chi connectivity index (χ3n) is 4.61. The Labute approximate surface area is 182 Å². The maximum absolute atomic E-state index is 12.9. The molecule has 1 amide bonds. The van der Waals surface area contributed by atoms with E-state index in [9.17, 15) is 4.79 Å². The van der Waals surface area contributed by atoms with Crippen molar-refractivity contribution in [1.29, 1.82) is 0 Å². The zero-order valence-corrected chi connectivity index (χ0v) is 18.1. The fraction of sp³-hybridized carbons (Fsp3) is 0.190. The molecule has 8 heteroatoms. The molecule has 0 fully saturated rings.